The smallest absolute Gasteiger partial charge is 0.0283 e. The Labute approximate surface area is 102 Å². The molecule has 4 aliphatic rings. The molecule has 2 nitrogen and oxygen atoms in total. The Morgan fingerprint density at radius 3 is 2.69 bits per heavy atom. The van der Waals surface area contributed by atoms with E-state index in [1.165, 1.54) is 24.6 Å². The second kappa shape index (κ2) is 3.89. The largest absolute Gasteiger partial charge is 0.312 e. The molecule has 5 unspecified atom stereocenters. The van der Waals surface area contributed by atoms with Crippen LogP contribution in [0.2, 0.25) is 0 Å². The normalized spacial score (nSPS) is 54.0. The van der Waals surface area contributed by atoms with E-state index in [1.54, 1.807) is 19.3 Å². The molecule has 1 aliphatic heterocycles. The van der Waals surface area contributed by atoms with Crippen LogP contribution in [0.3, 0.4) is 0 Å². The minimum Gasteiger partial charge on any atom is -0.312 e. The Bertz CT molecular complexity index is 261. The van der Waals surface area contributed by atoms with Crippen molar-refractivity contribution < 1.29 is 0 Å². The van der Waals surface area contributed by atoms with Crippen LogP contribution in [0.4, 0.5) is 0 Å². The van der Waals surface area contributed by atoms with Crippen molar-refractivity contribution in [2.45, 2.75) is 31.3 Å². The van der Waals surface area contributed by atoms with Crippen molar-refractivity contribution in [3.8, 4) is 0 Å². The summed E-state index contributed by atoms with van der Waals surface area (Å²) in [5, 5.41) is 7.48. The van der Waals surface area contributed by atoms with Gasteiger partial charge in [-0.1, -0.05) is 0 Å². The fraction of sp³-hybridized carbons (Fsp3) is 1.00. The SMILES string of the molecule is C1CSCC(CNC2C3C4CCC(C4)C23)N1. The average Bonchev–Trinajstić information content (AvgIpc) is 2.72. The molecular formula is C13H22N2S. The standard InChI is InChI=1S/C13H22N2S/c1-2-9-5-8(1)11-12(9)13(11)15-6-10-7-16-4-3-14-10/h8-15H,1-7H2. The van der Waals surface area contributed by atoms with Gasteiger partial charge in [0.25, 0.3) is 0 Å². The first-order valence-electron chi connectivity index (χ1n) is 6.98. The van der Waals surface area contributed by atoms with E-state index in [4.69, 9.17) is 0 Å². The van der Waals surface area contributed by atoms with Gasteiger partial charge in [-0.3, -0.25) is 0 Å². The molecule has 0 aromatic rings. The van der Waals surface area contributed by atoms with Crippen LogP contribution in [0.25, 0.3) is 0 Å². The van der Waals surface area contributed by atoms with Gasteiger partial charge in [-0.2, -0.15) is 11.8 Å². The summed E-state index contributed by atoms with van der Waals surface area (Å²) >= 11 is 2.11. The van der Waals surface area contributed by atoms with Gasteiger partial charge in [-0.15, -0.1) is 0 Å². The number of nitrogens with one attached hydrogen (secondary N) is 2. The van der Waals surface area contributed by atoms with Crippen LogP contribution >= 0.6 is 11.8 Å². The third-order valence-corrected chi connectivity index (χ3v) is 6.46. The first-order chi connectivity index (χ1) is 7.93. The molecule has 3 aliphatic carbocycles. The Morgan fingerprint density at radius 1 is 1.19 bits per heavy atom. The summed E-state index contributed by atoms with van der Waals surface area (Å²) in [6.07, 6.45) is 4.66. The molecule has 0 amide bonds. The zero-order chi connectivity index (χ0) is 10.5. The van der Waals surface area contributed by atoms with Gasteiger partial charge in [0.2, 0.25) is 0 Å². The lowest BCUT2D eigenvalue weighted by Gasteiger charge is -2.24. The van der Waals surface area contributed by atoms with Crippen molar-refractivity contribution in [1.29, 1.82) is 0 Å². The molecular weight excluding hydrogens is 216 g/mol. The molecule has 5 atom stereocenters. The van der Waals surface area contributed by atoms with Crippen molar-refractivity contribution in [2.75, 3.05) is 24.6 Å². The minimum absolute atomic E-state index is 0.734. The monoisotopic (exact) mass is 238 g/mol. The van der Waals surface area contributed by atoms with Crippen LogP contribution in [0.5, 0.6) is 0 Å². The first-order valence-corrected chi connectivity index (χ1v) is 8.13. The lowest BCUT2D eigenvalue weighted by atomic mass is 10.0. The Balaban J connectivity index is 1.28. The zero-order valence-electron chi connectivity index (χ0n) is 9.82. The maximum absolute atomic E-state index is 3.85. The van der Waals surface area contributed by atoms with Crippen LogP contribution in [0.1, 0.15) is 19.3 Å². The van der Waals surface area contributed by atoms with Gasteiger partial charge in [-0.25, -0.2) is 0 Å². The van der Waals surface area contributed by atoms with Crippen LogP contribution in [-0.4, -0.2) is 36.7 Å². The number of hydrogen-bond acceptors (Lipinski definition) is 3. The topological polar surface area (TPSA) is 24.1 Å². The van der Waals surface area contributed by atoms with Gasteiger partial charge in [0.1, 0.15) is 0 Å². The number of thioether (sulfide) groups is 1. The summed E-state index contributed by atoms with van der Waals surface area (Å²) in [6.45, 7) is 2.42. The van der Waals surface area contributed by atoms with Gasteiger partial charge in [0.05, 0.1) is 0 Å². The third kappa shape index (κ3) is 1.55. The second-order valence-corrected chi connectivity index (χ2v) is 7.30. The van der Waals surface area contributed by atoms with Crippen LogP contribution < -0.4 is 10.6 Å². The maximum Gasteiger partial charge on any atom is 0.0283 e. The van der Waals surface area contributed by atoms with Crippen molar-refractivity contribution >= 4 is 11.8 Å². The van der Waals surface area contributed by atoms with Crippen LogP contribution in [-0.2, 0) is 0 Å². The van der Waals surface area contributed by atoms with E-state index in [0.717, 1.165) is 35.8 Å². The van der Waals surface area contributed by atoms with Gasteiger partial charge in [-0.05, 0) is 42.9 Å². The predicted octanol–water partition coefficient (Wildman–Crippen LogP) is 1.33. The Morgan fingerprint density at radius 2 is 2.00 bits per heavy atom. The molecule has 1 heterocycles. The van der Waals surface area contributed by atoms with Gasteiger partial charge >= 0.3 is 0 Å². The summed E-state index contributed by atoms with van der Waals surface area (Å²) in [4.78, 5) is 0. The van der Waals surface area contributed by atoms with Crippen LogP contribution in [0.15, 0.2) is 0 Å². The van der Waals surface area contributed by atoms with Crippen molar-refractivity contribution in [2.24, 2.45) is 23.7 Å². The molecule has 2 bridgehead atoms. The lowest BCUT2D eigenvalue weighted by molar-refractivity contribution is 0.435. The highest BCUT2D eigenvalue weighted by Gasteiger charge is 2.64. The molecule has 3 saturated carbocycles. The van der Waals surface area contributed by atoms with Crippen LogP contribution in [0, 0.1) is 23.7 Å². The maximum atomic E-state index is 3.85. The Kier molecular flexibility index (Phi) is 2.48. The summed E-state index contributed by atoms with van der Waals surface area (Å²) in [7, 11) is 0. The molecule has 4 rings (SSSR count). The first kappa shape index (κ1) is 10.2. The number of hydrogen-bond donors (Lipinski definition) is 2. The summed E-state index contributed by atoms with van der Waals surface area (Å²) < 4.78 is 0. The molecule has 2 N–H and O–H groups in total. The summed E-state index contributed by atoms with van der Waals surface area (Å²) in [6, 6.07) is 1.65. The van der Waals surface area contributed by atoms with E-state index < -0.39 is 0 Å². The lowest BCUT2D eigenvalue weighted by Crippen LogP contribution is -2.45. The third-order valence-electron chi connectivity index (χ3n) is 5.33. The molecule has 0 aromatic heterocycles. The van der Waals surface area contributed by atoms with E-state index in [1.807, 2.05) is 0 Å². The van der Waals surface area contributed by atoms with Crippen molar-refractivity contribution in [3.05, 3.63) is 0 Å². The fourth-order valence-corrected chi connectivity index (χ4v) is 5.58. The molecule has 0 radical (unpaired) electrons. The number of rotatable bonds is 3. The highest BCUT2D eigenvalue weighted by molar-refractivity contribution is 7.99. The van der Waals surface area contributed by atoms with Gasteiger partial charge < -0.3 is 10.6 Å². The molecule has 3 heteroatoms. The molecule has 1 saturated heterocycles. The van der Waals surface area contributed by atoms with E-state index >= 15 is 0 Å². The summed E-state index contributed by atoms with van der Waals surface area (Å²) in [5.41, 5.74) is 0. The molecule has 0 spiro atoms. The average molecular weight is 238 g/mol. The Hall–Kier alpha value is 0.270. The molecule has 90 valence electrons. The van der Waals surface area contributed by atoms with Gasteiger partial charge in [0.15, 0.2) is 0 Å². The van der Waals surface area contributed by atoms with E-state index in [-0.39, 0.29) is 0 Å². The van der Waals surface area contributed by atoms with Crippen molar-refractivity contribution in [1.82, 2.24) is 10.6 Å². The van der Waals surface area contributed by atoms with E-state index in [2.05, 4.69) is 22.4 Å². The second-order valence-electron chi connectivity index (χ2n) is 6.15. The minimum atomic E-state index is 0.734. The molecule has 0 aromatic carbocycles. The zero-order valence-corrected chi connectivity index (χ0v) is 10.6. The molecule has 4 fully saturated rings. The van der Waals surface area contributed by atoms with E-state index in [9.17, 15) is 0 Å². The van der Waals surface area contributed by atoms with Crippen molar-refractivity contribution in [3.63, 3.8) is 0 Å². The van der Waals surface area contributed by atoms with Gasteiger partial charge in [0, 0.05) is 36.7 Å². The fourth-order valence-electron chi connectivity index (χ4n) is 4.63. The predicted molar refractivity (Wildman–Crippen MR) is 68.7 cm³/mol. The number of fused-ring (bicyclic) bond motifs is 5. The van der Waals surface area contributed by atoms with E-state index in [0.29, 0.717) is 0 Å². The summed E-state index contributed by atoms with van der Waals surface area (Å²) in [5.74, 6) is 7.02. The highest BCUT2D eigenvalue weighted by atomic mass is 32.2. The highest BCUT2D eigenvalue weighted by Crippen LogP contribution is 2.65. The molecule has 16 heavy (non-hydrogen) atoms. The quantitative estimate of drug-likeness (QED) is 0.775.